The Labute approximate surface area is 524 Å². The molecule has 1 N–H and O–H groups in total. The van der Waals surface area contributed by atoms with Gasteiger partial charge in [-0.15, -0.1) is 0 Å². The van der Waals surface area contributed by atoms with Gasteiger partial charge in [-0.1, -0.05) is 278 Å². The molecule has 0 radical (unpaired) electrons. The lowest BCUT2D eigenvalue weighted by atomic mass is 10.0. The van der Waals surface area contributed by atoms with E-state index < -0.39 is 6.10 Å². The van der Waals surface area contributed by atoms with E-state index in [1.54, 1.807) is 13.2 Å². The van der Waals surface area contributed by atoms with Gasteiger partial charge in [0, 0.05) is 52.1 Å². The van der Waals surface area contributed by atoms with Crippen LogP contribution in [0.2, 0.25) is 0 Å². The Morgan fingerprint density at radius 3 is 1.35 bits per heavy atom. The summed E-state index contributed by atoms with van der Waals surface area (Å²) in [6.45, 7) is 18.9. The SMILES string of the molecule is C/C=C\CCCC/C=C\C/C=C\CCC.CC/C=C/C(=O)CCc1ccccc1.CCC(O)CC(=O)CCc1ccccc1.CCCC(=O)CCc1ccccc1.CCCC/C=C\CCCCCCCCC.CCCCCC(CC(=O)CC)OC. The largest absolute Gasteiger partial charge is 0.393 e. The molecule has 6 nitrogen and oxygen atoms in total. The fourth-order valence-electron chi connectivity index (χ4n) is 8.48. The maximum atomic E-state index is 11.4. The minimum absolute atomic E-state index is 0.146. The maximum Gasteiger partial charge on any atom is 0.155 e. The first-order chi connectivity index (χ1) is 41.4. The van der Waals surface area contributed by atoms with Crippen LogP contribution in [0.25, 0.3) is 0 Å². The van der Waals surface area contributed by atoms with E-state index in [2.05, 4.69) is 107 Å². The smallest absolute Gasteiger partial charge is 0.155 e. The first-order valence-electron chi connectivity index (χ1n) is 34.1. The van der Waals surface area contributed by atoms with Crippen molar-refractivity contribution in [3.05, 3.63) is 168 Å². The summed E-state index contributed by atoms with van der Waals surface area (Å²) >= 11 is 0. The summed E-state index contributed by atoms with van der Waals surface area (Å²) in [7, 11) is 1.69. The summed E-state index contributed by atoms with van der Waals surface area (Å²) < 4.78 is 5.25. The van der Waals surface area contributed by atoms with E-state index in [1.165, 1.54) is 145 Å². The minimum atomic E-state index is -0.465. The van der Waals surface area contributed by atoms with Crippen molar-refractivity contribution in [3.63, 3.8) is 0 Å². The van der Waals surface area contributed by atoms with Crippen LogP contribution in [-0.2, 0) is 43.2 Å². The fraction of sp³-hybridized carbons (Fsp3) is 0.595. The topological polar surface area (TPSA) is 97.7 Å². The molecule has 0 amide bonds. The third kappa shape index (κ3) is 66.3. The van der Waals surface area contributed by atoms with Crippen LogP contribution in [0.1, 0.15) is 284 Å². The van der Waals surface area contributed by atoms with Crippen molar-refractivity contribution >= 4 is 23.1 Å². The van der Waals surface area contributed by atoms with Gasteiger partial charge in [0.25, 0.3) is 0 Å². The van der Waals surface area contributed by atoms with Gasteiger partial charge < -0.3 is 9.84 Å². The van der Waals surface area contributed by atoms with Gasteiger partial charge in [-0.2, -0.15) is 0 Å². The highest BCUT2D eigenvalue weighted by atomic mass is 16.5. The Balaban J connectivity index is -0.000000950. The Hall–Kier alpha value is -5.04. The number of methoxy groups -OCH3 is 1. The summed E-state index contributed by atoms with van der Waals surface area (Å²) in [5.74, 6) is 1.05. The molecule has 0 spiro atoms. The molecule has 0 saturated carbocycles. The molecule has 2 unspecified atom stereocenters. The van der Waals surface area contributed by atoms with Crippen molar-refractivity contribution in [2.75, 3.05) is 7.11 Å². The zero-order valence-electron chi connectivity index (χ0n) is 56.3. The number of Topliss-reactive ketones (excluding diaryl/α,β-unsaturated/α-hetero) is 3. The second kappa shape index (κ2) is 69.7. The number of hydrogen-bond donors (Lipinski definition) is 1. The molecule has 0 saturated heterocycles. The summed E-state index contributed by atoms with van der Waals surface area (Å²) in [6.07, 6.45) is 59.2. The number of aryl methyl sites for hydroxylation is 3. The first-order valence-corrected chi connectivity index (χ1v) is 34.1. The van der Waals surface area contributed by atoms with Crippen LogP contribution in [0.4, 0.5) is 0 Å². The van der Waals surface area contributed by atoms with Crippen molar-refractivity contribution < 1.29 is 29.0 Å². The van der Waals surface area contributed by atoms with Gasteiger partial charge in [0.1, 0.15) is 17.3 Å². The maximum absolute atomic E-state index is 11.4. The fourth-order valence-corrected chi connectivity index (χ4v) is 8.48. The highest BCUT2D eigenvalue weighted by Gasteiger charge is 2.11. The van der Waals surface area contributed by atoms with E-state index >= 15 is 0 Å². The lowest BCUT2D eigenvalue weighted by molar-refractivity contribution is -0.122. The van der Waals surface area contributed by atoms with E-state index in [4.69, 9.17) is 4.74 Å². The van der Waals surface area contributed by atoms with Crippen LogP contribution in [-0.4, -0.2) is 47.6 Å². The van der Waals surface area contributed by atoms with Crippen LogP contribution in [0.15, 0.2) is 152 Å². The van der Waals surface area contributed by atoms with Crippen molar-refractivity contribution in [3.8, 4) is 0 Å². The lowest BCUT2D eigenvalue weighted by Gasteiger charge is -2.13. The lowest BCUT2D eigenvalue weighted by Crippen LogP contribution is -2.15. The number of ketones is 4. The molecular weight excluding hydrogens is 1040 g/mol. The Morgan fingerprint density at radius 2 is 0.882 bits per heavy atom. The van der Waals surface area contributed by atoms with Gasteiger partial charge >= 0.3 is 0 Å². The molecule has 0 aromatic heterocycles. The van der Waals surface area contributed by atoms with E-state index in [1.807, 2.05) is 101 Å². The number of unbranched alkanes of at least 4 members (excludes halogenated alkanes) is 15. The normalized spacial score (nSPS) is 11.6. The van der Waals surface area contributed by atoms with E-state index in [9.17, 15) is 24.3 Å². The summed E-state index contributed by atoms with van der Waals surface area (Å²) in [5, 5.41) is 9.30. The molecule has 3 rings (SSSR count). The molecule has 0 aliphatic rings. The van der Waals surface area contributed by atoms with Gasteiger partial charge in [-0.3, -0.25) is 19.2 Å². The molecule has 85 heavy (non-hydrogen) atoms. The summed E-state index contributed by atoms with van der Waals surface area (Å²) in [6, 6.07) is 30.2. The van der Waals surface area contributed by atoms with Gasteiger partial charge in [-0.05, 0) is 132 Å². The number of ether oxygens (including phenoxy) is 1. The highest BCUT2D eigenvalue weighted by molar-refractivity contribution is 5.89. The molecule has 6 heteroatoms. The van der Waals surface area contributed by atoms with Crippen LogP contribution in [0.5, 0.6) is 0 Å². The number of hydrogen-bond acceptors (Lipinski definition) is 6. The van der Waals surface area contributed by atoms with E-state index in [-0.39, 0.29) is 17.7 Å². The molecule has 0 bridgehead atoms. The summed E-state index contributed by atoms with van der Waals surface area (Å²) in [4.78, 5) is 45.1. The quantitative estimate of drug-likeness (QED) is 0.0344. The van der Waals surface area contributed by atoms with Crippen LogP contribution >= 0.6 is 0 Å². The van der Waals surface area contributed by atoms with Gasteiger partial charge in [0.2, 0.25) is 0 Å². The zero-order chi connectivity index (χ0) is 63.3. The Morgan fingerprint density at radius 1 is 0.435 bits per heavy atom. The van der Waals surface area contributed by atoms with Crippen LogP contribution in [0.3, 0.4) is 0 Å². The van der Waals surface area contributed by atoms with Gasteiger partial charge in [0.05, 0.1) is 12.2 Å². The van der Waals surface area contributed by atoms with Crippen molar-refractivity contribution in [2.45, 2.75) is 299 Å². The third-order valence-corrected chi connectivity index (χ3v) is 14.0. The highest BCUT2D eigenvalue weighted by Crippen LogP contribution is 2.13. The van der Waals surface area contributed by atoms with Crippen molar-refractivity contribution in [2.24, 2.45) is 0 Å². The molecule has 3 aromatic rings. The molecule has 2 atom stereocenters. The van der Waals surface area contributed by atoms with Crippen LogP contribution in [0, 0.1) is 0 Å². The molecule has 0 heterocycles. The predicted molar refractivity (Wildman–Crippen MR) is 372 cm³/mol. The van der Waals surface area contributed by atoms with E-state index in [0.29, 0.717) is 56.5 Å². The number of carbonyl (C=O) groups excluding carboxylic acids is 4. The number of benzene rings is 3. The number of aliphatic hydroxyl groups excluding tert-OH is 1. The molecule has 3 aromatic carbocycles. The molecular formula is C79H128O6. The molecule has 0 aliphatic heterocycles. The van der Waals surface area contributed by atoms with Crippen molar-refractivity contribution in [1.29, 1.82) is 0 Å². The second-order valence-corrected chi connectivity index (χ2v) is 22.1. The number of allylic oxidation sites excluding steroid dienone is 10. The number of rotatable bonds is 44. The molecule has 0 aliphatic carbocycles. The minimum Gasteiger partial charge on any atom is -0.393 e. The number of aliphatic hydroxyl groups is 1. The molecule has 0 fully saturated rings. The van der Waals surface area contributed by atoms with Gasteiger partial charge in [-0.25, -0.2) is 0 Å². The Bertz CT molecular complexity index is 2030. The predicted octanol–water partition coefficient (Wildman–Crippen LogP) is 22.7. The van der Waals surface area contributed by atoms with E-state index in [0.717, 1.165) is 51.4 Å². The van der Waals surface area contributed by atoms with Crippen molar-refractivity contribution in [1.82, 2.24) is 0 Å². The standard InChI is InChI=1S/C15H30.C15H26.C13H18O2.C13H16O.C12H16O.C11H22O2/c2*1-3-5-7-9-11-13-15-14-12-10-8-6-4-2;1-2-12(14)10-13(15)9-8-11-6-4-3-5-7-11;1-2-3-9-13(14)11-10-12-7-5-4-6-8-12;1-2-6-12(13)10-9-11-7-4-3-5-8-11;1-4-6-7-8-11(13-3)9-10(12)5-2/h9,11H,3-8,10,12-15H2,1-2H3;3,5,8,10,14-15H,4,6-7,9,11-13H2,1-2H3;3-7,12,14H,2,8-10H2,1H3;3-9H,2,10-11H2,1H3;3-5,7-8H,2,6,9-10H2,1H3;11H,4-9H2,1-3H3/b11-9-;5-3-,10-8-,15-14-;;9-3+;;. The zero-order valence-corrected chi connectivity index (χ0v) is 56.3. The van der Waals surface area contributed by atoms with Gasteiger partial charge in [0.15, 0.2) is 5.78 Å². The molecule has 480 valence electrons. The Kier molecular flexibility index (Phi) is 69.0. The average Bonchev–Trinajstić information content (AvgIpc) is 3.56. The number of carbonyl (C=O) groups is 4. The monoisotopic (exact) mass is 1170 g/mol. The average molecular weight is 1170 g/mol. The van der Waals surface area contributed by atoms with Crippen LogP contribution < -0.4 is 0 Å². The third-order valence-electron chi connectivity index (χ3n) is 14.0. The second-order valence-electron chi connectivity index (χ2n) is 22.1. The summed E-state index contributed by atoms with van der Waals surface area (Å²) in [5.41, 5.74) is 3.66. The first kappa shape index (κ1) is 84.2.